The van der Waals surface area contributed by atoms with Gasteiger partial charge in [-0.15, -0.1) is 0 Å². The van der Waals surface area contributed by atoms with E-state index < -0.39 is 0 Å². The van der Waals surface area contributed by atoms with Gasteiger partial charge in [-0.2, -0.15) is 0 Å². The zero-order valence-corrected chi connectivity index (χ0v) is 11.9. The quantitative estimate of drug-likeness (QED) is 0.787. The van der Waals surface area contributed by atoms with Crippen LogP contribution in [0.4, 0.5) is 0 Å². The second kappa shape index (κ2) is 7.46. The summed E-state index contributed by atoms with van der Waals surface area (Å²) < 4.78 is 11.8. The summed E-state index contributed by atoms with van der Waals surface area (Å²) in [4.78, 5) is 0. The van der Waals surface area contributed by atoms with Crippen molar-refractivity contribution in [3.05, 3.63) is 42.0 Å². The molecule has 3 atom stereocenters. The molecule has 19 heavy (non-hydrogen) atoms. The molecule has 2 rings (SSSR count). The molecule has 1 aliphatic rings. The van der Waals surface area contributed by atoms with Gasteiger partial charge in [-0.25, -0.2) is 0 Å². The summed E-state index contributed by atoms with van der Waals surface area (Å²) in [5, 5.41) is 0. The van der Waals surface area contributed by atoms with Crippen LogP contribution in [0.3, 0.4) is 0 Å². The average molecular weight is 260 g/mol. The highest BCUT2D eigenvalue weighted by Gasteiger charge is 2.28. The Labute approximate surface area is 116 Å². The van der Waals surface area contributed by atoms with Crippen LogP contribution >= 0.6 is 0 Å². The first kappa shape index (κ1) is 14.3. The first-order valence-electron chi connectivity index (χ1n) is 7.33. The van der Waals surface area contributed by atoms with Gasteiger partial charge < -0.3 is 9.47 Å². The number of hydrogen-bond donors (Lipinski definition) is 0. The predicted octanol–water partition coefficient (Wildman–Crippen LogP) is 4.27. The van der Waals surface area contributed by atoms with E-state index in [2.05, 4.69) is 32.1 Å². The molecule has 0 saturated carbocycles. The van der Waals surface area contributed by atoms with Crippen LogP contribution in [0.5, 0.6) is 0 Å². The monoisotopic (exact) mass is 260 g/mol. The fourth-order valence-corrected chi connectivity index (χ4v) is 2.47. The van der Waals surface area contributed by atoms with Crippen LogP contribution in [0, 0.1) is 5.92 Å². The average Bonchev–Trinajstić information content (AvgIpc) is 2.47. The summed E-state index contributed by atoms with van der Waals surface area (Å²) in [6.45, 7) is 5.23. The lowest BCUT2D eigenvalue weighted by molar-refractivity contribution is -0.214. The summed E-state index contributed by atoms with van der Waals surface area (Å²) in [6, 6.07) is 10.3. The van der Waals surface area contributed by atoms with Crippen molar-refractivity contribution in [3.63, 3.8) is 0 Å². The maximum Gasteiger partial charge on any atom is 0.177 e. The van der Waals surface area contributed by atoms with Crippen LogP contribution in [0.1, 0.15) is 38.7 Å². The van der Waals surface area contributed by atoms with Gasteiger partial charge in [0.1, 0.15) is 0 Å². The largest absolute Gasteiger partial charge is 0.349 e. The van der Waals surface area contributed by atoms with E-state index in [1.165, 1.54) is 5.56 Å². The van der Waals surface area contributed by atoms with Gasteiger partial charge in [0.25, 0.3) is 0 Å². The van der Waals surface area contributed by atoms with Crippen LogP contribution in [0.15, 0.2) is 36.4 Å². The summed E-state index contributed by atoms with van der Waals surface area (Å²) >= 11 is 0. The molecule has 1 aliphatic heterocycles. The minimum Gasteiger partial charge on any atom is -0.349 e. The molecule has 0 unspecified atom stereocenters. The van der Waals surface area contributed by atoms with Gasteiger partial charge in [-0.3, -0.25) is 0 Å². The van der Waals surface area contributed by atoms with Gasteiger partial charge in [0.05, 0.1) is 12.7 Å². The van der Waals surface area contributed by atoms with Crippen LogP contribution in [-0.4, -0.2) is 19.0 Å². The number of benzene rings is 1. The number of ether oxygens (including phenoxy) is 2. The Balaban J connectivity index is 1.93. The molecular formula is C17H24O2. The molecule has 2 heteroatoms. The van der Waals surface area contributed by atoms with Crippen LogP contribution in [0.2, 0.25) is 0 Å². The summed E-state index contributed by atoms with van der Waals surface area (Å²) in [5.74, 6) is 0.543. The highest BCUT2D eigenvalue weighted by molar-refractivity contribution is 5.48. The van der Waals surface area contributed by atoms with Crippen molar-refractivity contribution < 1.29 is 9.47 Å². The first-order valence-corrected chi connectivity index (χ1v) is 7.33. The van der Waals surface area contributed by atoms with E-state index in [9.17, 15) is 0 Å². The van der Waals surface area contributed by atoms with Crippen molar-refractivity contribution in [1.29, 1.82) is 0 Å². The molecule has 1 aromatic rings. The third kappa shape index (κ3) is 4.19. The molecule has 2 nitrogen and oxygen atoms in total. The lowest BCUT2D eigenvalue weighted by atomic mass is 9.96. The Bertz CT molecular complexity index is 386. The maximum atomic E-state index is 6.04. The molecule has 0 spiro atoms. The fourth-order valence-electron chi connectivity index (χ4n) is 2.47. The second-order valence-corrected chi connectivity index (χ2v) is 5.10. The third-order valence-electron chi connectivity index (χ3n) is 3.65. The van der Waals surface area contributed by atoms with Gasteiger partial charge in [-0.1, -0.05) is 56.7 Å². The number of hydrogen-bond acceptors (Lipinski definition) is 2. The van der Waals surface area contributed by atoms with Gasteiger partial charge in [-0.05, 0) is 24.5 Å². The molecule has 104 valence electrons. The second-order valence-electron chi connectivity index (χ2n) is 5.10. The normalized spacial score (nSPS) is 27.8. The van der Waals surface area contributed by atoms with Gasteiger partial charge >= 0.3 is 0 Å². The van der Waals surface area contributed by atoms with Gasteiger partial charge in [0.15, 0.2) is 6.29 Å². The summed E-state index contributed by atoms with van der Waals surface area (Å²) in [5.41, 5.74) is 1.18. The zero-order chi connectivity index (χ0) is 13.5. The third-order valence-corrected chi connectivity index (χ3v) is 3.65. The van der Waals surface area contributed by atoms with Crippen molar-refractivity contribution in [2.75, 3.05) is 6.61 Å². The standard InChI is InChI=1S/C17H24O2/c1-3-8-16-15(4-2)13-18-17(19-16)12-11-14-9-6-5-7-10-14/h5-7,9-12,15-17H,3-4,8,13H2,1-2H3/b12-11+/t15-,16-,17+/m1/s1. The zero-order valence-electron chi connectivity index (χ0n) is 11.9. The van der Waals surface area contributed by atoms with E-state index in [-0.39, 0.29) is 6.29 Å². The lowest BCUT2D eigenvalue weighted by Gasteiger charge is -2.35. The SMILES string of the molecule is CCC[C@H]1O[C@@H](/C=C/c2ccccc2)OC[C@H]1CC. The molecule has 0 aliphatic carbocycles. The molecule has 0 amide bonds. The van der Waals surface area contributed by atoms with Crippen LogP contribution in [0.25, 0.3) is 6.08 Å². The molecule has 0 bridgehead atoms. The van der Waals surface area contributed by atoms with E-state index in [1.807, 2.05) is 24.3 Å². The molecule has 0 radical (unpaired) electrons. The van der Waals surface area contributed by atoms with E-state index in [0.29, 0.717) is 12.0 Å². The highest BCUT2D eigenvalue weighted by atomic mass is 16.7. The van der Waals surface area contributed by atoms with Crippen molar-refractivity contribution in [1.82, 2.24) is 0 Å². The summed E-state index contributed by atoms with van der Waals surface area (Å²) in [6.07, 6.45) is 7.64. The van der Waals surface area contributed by atoms with Crippen molar-refractivity contribution in [2.24, 2.45) is 5.92 Å². The smallest absolute Gasteiger partial charge is 0.177 e. The fraction of sp³-hybridized carbons (Fsp3) is 0.529. The lowest BCUT2D eigenvalue weighted by Crippen LogP contribution is -2.38. The highest BCUT2D eigenvalue weighted by Crippen LogP contribution is 2.25. The minimum atomic E-state index is -0.195. The maximum absolute atomic E-state index is 6.04. The Morgan fingerprint density at radius 1 is 1.21 bits per heavy atom. The predicted molar refractivity (Wildman–Crippen MR) is 78.8 cm³/mol. The Kier molecular flexibility index (Phi) is 5.62. The van der Waals surface area contributed by atoms with E-state index >= 15 is 0 Å². The Morgan fingerprint density at radius 3 is 2.68 bits per heavy atom. The van der Waals surface area contributed by atoms with Crippen molar-refractivity contribution >= 4 is 6.08 Å². The molecule has 1 saturated heterocycles. The molecule has 0 aromatic heterocycles. The molecule has 0 N–H and O–H groups in total. The van der Waals surface area contributed by atoms with Gasteiger partial charge in [0.2, 0.25) is 0 Å². The van der Waals surface area contributed by atoms with E-state index in [1.54, 1.807) is 0 Å². The number of rotatable bonds is 5. The summed E-state index contributed by atoms with van der Waals surface area (Å²) in [7, 11) is 0. The Morgan fingerprint density at radius 2 is 2.00 bits per heavy atom. The topological polar surface area (TPSA) is 18.5 Å². The Hall–Kier alpha value is -1.12. The molecular weight excluding hydrogens is 236 g/mol. The van der Waals surface area contributed by atoms with E-state index in [0.717, 1.165) is 25.9 Å². The van der Waals surface area contributed by atoms with Crippen LogP contribution < -0.4 is 0 Å². The first-order chi connectivity index (χ1) is 9.33. The van der Waals surface area contributed by atoms with Crippen molar-refractivity contribution in [2.45, 2.75) is 45.5 Å². The molecule has 1 fully saturated rings. The minimum absolute atomic E-state index is 0.195. The molecule has 1 aromatic carbocycles. The van der Waals surface area contributed by atoms with Gasteiger partial charge in [0, 0.05) is 5.92 Å². The van der Waals surface area contributed by atoms with Crippen molar-refractivity contribution in [3.8, 4) is 0 Å². The van der Waals surface area contributed by atoms with Crippen LogP contribution in [-0.2, 0) is 9.47 Å². The van der Waals surface area contributed by atoms with E-state index in [4.69, 9.17) is 9.47 Å². The molecule has 1 heterocycles.